The van der Waals surface area contributed by atoms with E-state index in [9.17, 15) is 18.0 Å². The number of carbonyl (C=O) groups is 1. The number of halogens is 3. The van der Waals surface area contributed by atoms with Gasteiger partial charge in [0.15, 0.2) is 5.78 Å². The Balaban J connectivity index is 1.88. The van der Waals surface area contributed by atoms with E-state index in [2.05, 4.69) is 4.98 Å². The summed E-state index contributed by atoms with van der Waals surface area (Å²) < 4.78 is 44.4. The SMILES string of the molecule is O=C(c1ncccc1C(F)(F)F)C1CC2CCC(C1)O2. The van der Waals surface area contributed by atoms with Crippen molar-refractivity contribution >= 4 is 5.78 Å². The van der Waals surface area contributed by atoms with Crippen LogP contribution in [-0.2, 0) is 10.9 Å². The van der Waals surface area contributed by atoms with Crippen LogP contribution in [0, 0.1) is 5.92 Å². The van der Waals surface area contributed by atoms with Crippen LogP contribution in [0.5, 0.6) is 0 Å². The molecule has 2 unspecified atom stereocenters. The van der Waals surface area contributed by atoms with Crippen LogP contribution in [0.25, 0.3) is 0 Å². The van der Waals surface area contributed by atoms with Gasteiger partial charge in [-0.3, -0.25) is 9.78 Å². The molecule has 2 saturated heterocycles. The van der Waals surface area contributed by atoms with Gasteiger partial charge >= 0.3 is 6.18 Å². The maximum Gasteiger partial charge on any atom is 0.418 e. The van der Waals surface area contributed by atoms with Gasteiger partial charge in [-0.25, -0.2) is 0 Å². The van der Waals surface area contributed by atoms with Crippen LogP contribution >= 0.6 is 0 Å². The number of aromatic nitrogens is 1. The highest BCUT2D eigenvalue weighted by Gasteiger charge is 2.42. The Bertz CT molecular complexity index is 517. The van der Waals surface area contributed by atoms with Crippen LogP contribution in [0.3, 0.4) is 0 Å². The van der Waals surface area contributed by atoms with Gasteiger partial charge in [0.05, 0.1) is 17.8 Å². The minimum absolute atomic E-state index is 0.0146. The number of ether oxygens (including phenoxy) is 1. The van der Waals surface area contributed by atoms with Crippen LogP contribution in [0.15, 0.2) is 18.3 Å². The second-order valence-electron chi connectivity index (χ2n) is 5.39. The van der Waals surface area contributed by atoms with Gasteiger partial charge in [0.1, 0.15) is 5.69 Å². The highest BCUT2D eigenvalue weighted by atomic mass is 19.4. The zero-order chi connectivity index (χ0) is 14.3. The molecule has 6 heteroatoms. The van der Waals surface area contributed by atoms with E-state index in [0.29, 0.717) is 12.8 Å². The third-order valence-electron chi connectivity index (χ3n) is 4.01. The first-order chi connectivity index (χ1) is 9.45. The molecule has 1 aromatic heterocycles. The Morgan fingerprint density at radius 1 is 1.25 bits per heavy atom. The number of carbonyl (C=O) groups excluding carboxylic acids is 1. The second-order valence-corrected chi connectivity index (χ2v) is 5.39. The van der Waals surface area contributed by atoms with Gasteiger partial charge in [-0.15, -0.1) is 0 Å². The molecular weight excluding hydrogens is 271 g/mol. The number of Topliss-reactive ketones (excluding diaryl/α,β-unsaturated/α-hetero) is 1. The Hall–Kier alpha value is -1.43. The lowest BCUT2D eigenvalue weighted by molar-refractivity contribution is -0.138. The predicted octanol–water partition coefficient (Wildman–Crippen LogP) is 3.24. The van der Waals surface area contributed by atoms with E-state index >= 15 is 0 Å². The van der Waals surface area contributed by atoms with E-state index in [1.54, 1.807) is 0 Å². The van der Waals surface area contributed by atoms with Crippen molar-refractivity contribution in [2.24, 2.45) is 5.92 Å². The lowest BCUT2D eigenvalue weighted by Crippen LogP contribution is -2.31. The summed E-state index contributed by atoms with van der Waals surface area (Å²) in [6, 6.07) is 2.11. The number of hydrogen-bond acceptors (Lipinski definition) is 3. The molecule has 3 rings (SSSR count). The van der Waals surface area contributed by atoms with Gasteiger partial charge in [-0.05, 0) is 37.8 Å². The summed E-state index contributed by atoms with van der Waals surface area (Å²) in [6.07, 6.45) is -0.501. The standard InChI is InChI=1S/C14H14F3NO2/c15-14(16,17)11-2-1-5-18-12(11)13(19)8-6-9-3-4-10(7-8)20-9/h1-2,5,8-10H,3-4,6-7H2. The second kappa shape index (κ2) is 4.84. The minimum atomic E-state index is -4.55. The molecule has 0 saturated carbocycles. The van der Waals surface area contributed by atoms with Crippen LogP contribution < -0.4 is 0 Å². The summed E-state index contributed by atoms with van der Waals surface area (Å²) in [5.41, 5.74) is -1.39. The molecule has 2 aliphatic rings. The van der Waals surface area contributed by atoms with Crippen molar-refractivity contribution in [3.8, 4) is 0 Å². The largest absolute Gasteiger partial charge is 0.418 e. The number of rotatable bonds is 2. The van der Waals surface area contributed by atoms with Gasteiger partial charge in [0.2, 0.25) is 0 Å². The molecular formula is C14H14F3NO2. The molecule has 108 valence electrons. The van der Waals surface area contributed by atoms with Gasteiger partial charge in [-0.2, -0.15) is 13.2 Å². The fourth-order valence-electron chi connectivity index (χ4n) is 3.10. The number of alkyl halides is 3. The number of ketones is 1. The van der Waals surface area contributed by atoms with Crippen LogP contribution in [-0.4, -0.2) is 23.0 Å². The highest BCUT2D eigenvalue weighted by Crippen LogP contribution is 2.39. The van der Waals surface area contributed by atoms with E-state index in [4.69, 9.17) is 4.74 Å². The molecule has 0 spiro atoms. The molecule has 20 heavy (non-hydrogen) atoms. The van der Waals surface area contributed by atoms with E-state index in [1.807, 2.05) is 0 Å². The fourth-order valence-corrected chi connectivity index (χ4v) is 3.10. The normalized spacial score (nSPS) is 29.4. The summed E-state index contributed by atoms with van der Waals surface area (Å²) >= 11 is 0. The molecule has 0 aromatic carbocycles. The van der Waals surface area contributed by atoms with E-state index in [0.717, 1.165) is 18.9 Å². The zero-order valence-corrected chi connectivity index (χ0v) is 10.7. The molecule has 3 nitrogen and oxygen atoms in total. The molecule has 3 heterocycles. The smallest absolute Gasteiger partial charge is 0.375 e. The Kier molecular flexibility index (Phi) is 3.28. The lowest BCUT2D eigenvalue weighted by atomic mass is 9.88. The summed E-state index contributed by atoms with van der Waals surface area (Å²) in [7, 11) is 0. The van der Waals surface area contributed by atoms with Crippen molar-refractivity contribution in [2.45, 2.75) is 44.1 Å². The van der Waals surface area contributed by atoms with Crippen LogP contribution in [0.1, 0.15) is 41.7 Å². The Morgan fingerprint density at radius 2 is 1.90 bits per heavy atom. The first-order valence-corrected chi connectivity index (χ1v) is 6.67. The van der Waals surface area contributed by atoms with Crippen molar-refractivity contribution in [3.63, 3.8) is 0 Å². The number of fused-ring (bicyclic) bond motifs is 2. The predicted molar refractivity (Wildman–Crippen MR) is 64.2 cm³/mol. The summed E-state index contributed by atoms with van der Waals surface area (Å²) in [4.78, 5) is 16.0. The summed E-state index contributed by atoms with van der Waals surface area (Å²) in [5, 5.41) is 0. The van der Waals surface area contributed by atoms with E-state index in [1.165, 1.54) is 12.3 Å². The third-order valence-corrected chi connectivity index (χ3v) is 4.01. The molecule has 1 aromatic rings. The van der Waals surface area contributed by atoms with Crippen LogP contribution in [0.2, 0.25) is 0 Å². The monoisotopic (exact) mass is 285 g/mol. The van der Waals surface area contributed by atoms with Gasteiger partial charge in [0.25, 0.3) is 0 Å². The minimum Gasteiger partial charge on any atom is -0.375 e. The van der Waals surface area contributed by atoms with Gasteiger partial charge in [0, 0.05) is 12.1 Å². The van der Waals surface area contributed by atoms with Crippen LogP contribution in [0.4, 0.5) is 13.2 Å². The Labute approximate surface area is 114 Å². The zero-order valence-electron chi connectivity index (χ0n) is 10.7. The number of nitrogens with zero attached hydrogens (tertiary/aromatic N) is 1. The quantitative estimate of drug-likeness (QED) is 0.783. The molecule has 0 amide bonds. The average molecular weight is 285 g/mol. The number of hydrogen-bond donors (Lipinski definition) is 0. The lowest BCUT2D eigenvalue weighted by Gasteiger charge is -2.27. The van der Waals surface area contributed by atoms with E-state index in [-0.39, 0.29) is 12.2 Å². The summed E-state index contributed by atoms with van der Waals surface area (Å²) in [6.45, 7) is 0. The molecule has 0 N–H and O–H groups in total. The molecule has 2 bridgehead atoms. The Morgan fingerprint density at radius 3 is 2.50 bits per heavy atom. The van der Waals surface area contributed by atoms with Gasteiger partial charge < -0.3 is 4.74 Å². The first kappa shape index (κ1) is 13.5. The molecule has 2 fully saturated rings. The molecule has 2 aliphatic heterocycles. The van der Waals surface area contributed by atoms with Crippen molar-refractivity contribution in [1.29, 1.82) is 0 Å². The average Bonchev–Trinajstić information content (AvgIpc) is 2.75. The third kappa shape index (κ3) is 2.44. The fraction of sp³-hybridized carbons (Fsp3) is 0.571. The highest BCUT2D eigenvalue weighted by molar-refractivity contribution is 5.97. The topological polar surface area (TPSA) is 39.2 Å². The molecule has 0 aliphatic carbocycles. The van der Waals surface area contributed by atoms with Crippen molar-refractivity contribution < 1.29 is 22.7 Å². The molecule has 2 atom stereocenters. The van der Waals surface area contributed by atoms with Crippen molar-refractivity contribution in [3.05, 3.63) is 29.6 Å². The maximum absolute atomic E-state index is 12.9. The van der Waals surface area contributed by atoms with Crippen molar-refractivity contribution in [2.75, 3.05) is 0 Å². The van der Waals surface area contributed by atoms with Crippen molar-refractivity contribution in [1.82, 2.24) is 4.98 Å². The maximum atomic E-state index is 12.9. The van der Waals surface area contributed by atoms with E-state index < -0.39 is 29.1 Å². The molecule has 0 radical (unpaired) electrons. The first-order valence-electron chi connectivity index (χ1n) is 6.67. The number of pyridine rings is 1. The van der Waals surface area contributed by atoms with Gasteiger partial charge in [-0.1, -0.05) is 0 Å². The summed E-state index contributed by atoms with van der Waals surface area (Å²) in [5.74, 6) is -0.907.